The maximum atomic E-state index is 12.4. The van der Waals surface area contributed by atoms with Gasteiger partial charge >= 0.3 is 5.97 Å². The highest BCUT2D eigenvalue weighted by Crippen LogP contribution is 2.44. The van der Waals surface area contributed by atoms with Gasteiger partial charge < -0.3 is 19.5 Å². The van der Waals surface area contributed by atoms with Crippen LogP contribution >= 0.6 is 0 Å². The molecule has 0 aliphatic carbocycles. The summed E-state index contributed by atoms with van der Waals surface area (Å²) in [6.45, 7) is 1.59. The molecule has 0 bridgehead atoms. The SMILES string of the molecule is COC(=O)c1cccc([C@@H]2C[C@H](CNCCc3cccc4ccccc34)Oc3ccccc32)c1OC. The summed E-state index contributed by atoms with van der Waals surface area (Å²) in [5, 5.41) is 6.19. The summed E-state index contributed by atoms with van der Waals surface area (Å²) >= 11 is 0. The van der Waals surface area contributed by atoms with Crippen molar-refractivity contribution in [1.82, 2.24) is 5.32 Å². The van der Waals surface area contributed by atoms with Crippen molar-refractivity contribution in [3.8, 4) is 11.5 Å². The van der Waals surface area contributed by atoms with Gasteiger partial charge in [0.2, 0.25) is 0 Å². The molecule has 0 saturated carbocycles. The number of para-hydroxylation sites is 2. The lowest BCUT2D eigenvalue weighted by molar-refractivity contribution is 0.0596. The van der Waals surface area contributed by atoms with Crippen molar-refractivity contribution in [3.63, 3.8) is 0 Å². The summed E-state index contributed by atoms with van der Waals surface area (Å²) in [5.74, 6) is 1.08. The lowest BCUT2D eigenvalue weighted by Crippen LogP contribution is -2.36. The zero-order valence-electron chi connectivity index (χ0n) is 20.7. The van der Waals surface area contributed by atoms with Crippen molar-refractivity contribution in [2.24, 2.45) is 0 Å². The van der Waals surface area contributed by atoms with E-state index in [2.05, 4.69) is 53.8 Å². The first kappa shape index (κ1) is 23.9. The average Bonchev–Trinajstić information content (AvgIpc) is 2.94. The molecule has 1 heterocycles. The van der Waals surface area contributed by atoms with Gasteiger partial charge in [0.15, 0.2) is 0 Å². The Morgan fingerprint density at radius 2 is 1.67 bits per heavy atom. The van der Waals surface area contributed by atoms with Crippen molar-refractivity contribution in [2.45, 2.75) is 24.9 Å². The molecule has 184 valence electrons. The van der Waals surface area contributed by atoms with Gasteiger partial charge in [-0.1, -0.05) is 72.8 Å². The van der Waals surface area contributed by atoms with Gasteiger partial charge in [-0.05, 0) is 47.9 Å². The normalized spacial score (nSPS) is 16.7. The molecule has 36 heavy (non-hydrogen) atoms. The van der Waals surface area contributed by atoms with E-state index < -0.39 is 5.97 Å². The maximum absolute atomic E-state index is 12.4. The molecule has 4 aromatic carbocycles. The minimum atomic E-state index is -0.402. The highest BCUT2D eigenvalue weighted by Gasteiger charge is 2.32. The highest BCUT2D eigenvalue weighted by molar-refractivity contribution is 5.93. The summed E-state index contributed by atoms with van der Waals surface area (Å²) in [6, 6.07) is 28.8. The standard InChI is InChI=1S/C31H31NO4/c1-34-30-26(14-8-15-27(30)31(33)35-2)28-19-23(36-29-16-6-5-13-25(28)29)20-32-18-17-22-11-7-10-21-9-3-4-12-24(21)22/h3-16,23,28,32H,17-20H2,1-2H3/t23-,28-/m1/s1. The number of nitrogens with one attached hydrogen (secondary N) is 1. The van der Waals surface area contributed by atoms with Crippen LogP contribution in [0.25, 0.3) is 10.8 Å². The number of esters is 1. The average molecular weight is 482 g/mol. The lowest BCUT2D eigenvalue weighted by atomic mass is 9.83. The molecular weight excluding hydrogens is 450 g/mol. The second-order valence-corrected chi connectivity index (χ2v) is 9.08. The molecule has 1 aliphatic heterocycles. The third kappa shape index (κ3) is 4.79. The van der Waals surface area contributed by atoms with E-state index >= 15 is 0 Å². The number of fused-ring (bicyclic) bond motifs is 2. The Morgan fingerprint density at radius 1 is 0.917 bits per heavy atom. The van der Waals surface area contributed by atoms with Crippen LogP contribution in [0.3, 0.4) is 0 Å². The van der Waals surface area contributed by atoms with Crippen molar-refractivity contribution in [1.29, 1.82) is 0 Å². The van der Waals surface area contributed by atoms with Gasteiger partial charge in [-0.2, -0.15) is 0 Å². The van der Waals surface area contributed by atoms with E-state index in [4.69, 9.17) is 14.2 Å². The summed E-state index contributed by atoms with van der Waals surface area (Å²) < 4.78 is 17.1. The van der Waals surface area contributed by atoms with E-state index in [9.17, 15) is 4.79 Å². The van der Waals surface area contributed by atoms with Crippen LogP contribution in [0.1, 0.15) is 39.4 Å². The van der Waals surface area contributed by atoms with Gasteiger partial charge in [0.25, 0.3) is 0 Å². The summed E-state index contributed by atoms with van der Waals surface area (Å²) in [7, 11) is 2.99. The number of ether oxygens (including phenoxy) is 3. The van der Waals surface area contributed by atoms with E-state index in [0.29, 0.717) is 11.3 Å². The third-order valence-electron chi connectivity index (χ3n) is 6.94. The predicted octanol–water partition coefficient (Wildman–Crippen LogP) is 5.75. The number of hydrogen-bond acceptors (Lipinski definition) is 5. The molecule has 0 spiro atoms. The number of methoxy groups -OCH3 is 2. The summed E-state index contributed by atoms with van der Waals surface area (Å²) in [6.07, 6.45) is 1.71. The van der Waals surface area contributed by atoms with E-state index in [1.165, 1.54) is 23.4 Å². The van der Waals surface area contributed by atoms with Crippen LogP contribution < -0.4 is 14.8 Å². The van der Waals surface area contributed by atoms with Gasteiger partial charge in [0, 0.05) is 23.6 Å². The Balaban J connectivity index is 1.33. The van der Waals surface area contributed by atoms with Crippen LogP contribution in [0.2, 0.25) is 0 Å². The minimum Gasteiger partial charge on any atom is -0.496 e. The topological polar surface area (TPSA) is 56.8 Å². The Hall–Kier alpha value is -3.83. The molecule has 0 unspecified atom stereocenters. The van der Waals surface area contributed by atoms with Crippen molar-refractivity contribution < 1.29 is 19.0 Å². The molecule has 1 N–H and O–H groups in total. The molecule has 0 amide bonds. The van der Waals surface area contributed by atoms with Crippen LogP contribution in [0.5, 0.6) is 11.5 Å². The van der Waals surface area contributed by atoms with Crippen molar-refractivity contribution in [2.75, 3.05) is 27.3 Å². The maximum Gasteiger partial charge on any atom is 0.341 e. The quantitative estimate of drug-likeness (QED) is 0.257. The number of carbonyl (C=O) groups is 1. The van der Waals surface area contributed by atoms with Crippen molar-refractivity contribution in [3.05, 3.63) is 107 Å². The molecule has 0 fully saturated rings. The Bertz CT molecular complexity index is 1360. The number of hydrogen-bond donors (Lipinski definition) is 1. The second-order valence-electron chi connectivity index (χ2n) is 9.08. The Kier molecular flexibility index (Phi) is 7.19. The van der Waals surface area contributed by atoms with Gasteiger partial charge in [0.05, 0.1) is 14.2 Å². The van der Waals surface area contributed by atoms with Crippen LogP contribution in [0.15, 0.2) is 84.9 Å². The Labute approximate surface area is 212 Å². The highest BCUT2D eigenvalue weighted by atomic mass is 16.5. The van der Waals surface area contributed by atoms with E-state index in [0.717, 1.165) is 42.8 Å². The molecule has 5 nitrogen and oxygen atoms in total. The van der Waals surface area contributed by atoms with Crippen LogP contribution in [-0.2, 0) is 11.2 Å². The molecule has 5 rings (SSSR count). The summed E-state index contributed by atoms with van der Waals surface area (Å²) in [5.41, 5.74) is 3.85. The van der Waals surface area contributed by atoms with E-state index in [-0.39, 0.29) is 12.0 Å². The fourth-order valence-electron chi connectivity index (χ4n) is 5.24. The van der Waals surface area contributed by atoms with Gasteiger partial charge in [-0.15, -0.1) is 0 Å². The second kappa shape index (κ2) is 10.8. The molecule has 1 aliphatic rings. The predicted molar refractivity (Wildman–Crippen MR) is 142 cm³/mol. The largest absolute Gasteiger partial charge is 0.496 e. The molecule has 0 saturated heterocycles. The smallest absolute Gasteiger partial charge is 0.341 e. The molecule has 2 atom stereocenters. The van der Waals surface area contributed by atoms with Gasteiger partial charge in [0.1, 0.15) is 23.2 Å². The van der Waals surface area contributed by atoms with Gasteiger partial charge in [-0.3, -0.25) is 0 Å². The first-order chi connectivity index (χ1) is 17.7. The molecule has 0 aromatic heterocycles. The first-order valence-corrected chi connectivity index (χ1v) is 12.4. The van der Waals surface area contributed by atoms with Crippen LogP contribution in [0, 0.1) is 0 Å². The fraction of sp³-hybridized carbons (Fsp3) is 0.258. The van der Waals surface area contributed by atoms with Crippen LogP contribution in [0.4, 0.5) is 0 Å². The third-order valence-corrected chi connectivity index (χ3v) is 6.94. The zero-order chi connectivity index (χ0) is 24.9. The molecule has 4 aromatic rings. The lowest BCUT2D eigenvalue weighted by Gasteiger charge is -2.33. The molecular formula is C31H31NO4. The minimum absolute atomic E-state index is 0.0103. The summed E-state index contributed by atoms with van der Waals surface area (Å²) in [4.78, 5) is 12.4. The fourth-order valence-corrected chi connectivity index (χ4v) is 5.24. The number of benzene rings is 4. The number of rotatable bonds is 8. The van der Waals surface area contributed by atoms with E-state index in [1.54, 1.807) is 13.2 Å². The van der Waals surface area contributed by atoms with Crippen molar-refractivity contribution >= 4 is 16.7 Å². The number of carbonyl (C=O) groups excluding carboxylic acids is 1. The van der Waals surface area contributed by atoms with E-state index in [1.807, 2.05) is 30.3 Å². The molecule has 5 heteroatoms. The molecule has 0 radical (unpaired) electrons. The first-order valence-electron chi connectivity index (χ1n) is 12.4. The zero-order valence-corrected chi connectivity index (χ0v) is 20.7. The Morgan fingerprint density at radius 3 is 2.53 bits per heavy atom. The van der Waals surface area contributed by atoms with Gasteiger partial charge in [-0.25, -0.2) is 4.79 Å². The van der Waals surface area contributed by atoms with Crippen LogP contribution in [-0.4, -0.2) is 39.4 Å². The monoisotopic (exact) mass is 481 g/mol.